The van der Waals surface area contributed by atoms with Crippen LogP contribution in [0.25, 0.3) is 11.1 Å². The number of nitrogens with zero attached hydrogens (tertiary/aromatic N) is 4. The summed E-state index contributed by atoms with van der Waals surface area (Å²) >= 11 is 0. The van der Waals surface area contributed by atoms with Gasteiger partial charge in [0.2, 0.25) is 5.91 Å². The van der Waals surface area contributed by atoms with Crippen molar-refractivity contribution in [1.29, 1.82) is 0 Å². The first kappa shape index (κ1) is 20.3. The van der Waals surface area contributed by atoms with E-state index in [4.69, 9.17) is 9.51 Å². The number of benzene rings is 1. The van der Waals surface area contributed by atoms with Gasteiger partial charge in [0.05, 0.1) is 11.7 Å². The van der Waals surface area contributed by atoms with E-state index in [0.717, 1.165) is 48.4 Å². The molecule has 1 aliphatic heterocycles. The number of rotatable bonds is 6. The molecule has 7 nitrogen and oxygen atoms in total. The quantitative estimate of drug-likeness (QED) is 0.662. The summed E-state index contributed by atoms with van der Waals surface area (Å²) in [6.07, 6.45) is 5.61. The Morgan fingerprint density at radius 1 is 1.13 bits per heavy atom. The maximum Gasteiger partial charge on any atom is 0.263 e. The van der Waals surface area contributed by atoms with Crippen LogP contribution in [-0.2, 0) is 11.2 Å². The van der Waals surface area contributed by atoms with Gasteiger partial charge in [0, 0.05) is 25.9 Å². The fraction of sp³-hybridized carbons (Fsp3) is 0.478. The predicted octanol–water partition coefficient (Wildman–Crippen LogP) is 4.12. The average molecular weight is 408 g/mol. The Bertz CT molecular complexity index is 994. The summed E-state index contributed by atoms with van der Waals surface area (Å²) in [6.45, 7) is 5.87. The van der Waals surface area contributed by atoms with E-state index >= 15 is 0 Å². The summed E-state index contributed by atoms with van der Waals surface area (Å²) in [4.78, 5) is 24.2. The molecule has 3 aromatic rings. The highest BCUT2D eigenvalue weighted by Gasteiger charge is 2.21. The van der Waals surface area contributed by atoms with Gasteiger partial charge in [-0.25, -0.2) is 4.98 Å². The number of nitrogens with one attached hydrogen (secondary N) is 1. The first-order chi connectivity index (χ1) is 14.6. The van der Waals surface area contributed by atoms with Gasteiger partial charge in [0.15, 0.2) is 0 Å². The van der Waals surface area contributed by atoms with Gasteiger partial charge in [-0.2, -0.15) is 4.98 Å². The smallest absolute Gasteiger partial charge is 0.263 e. The Morgan fingerprint density at radius 3 is 2.60 bits per heavy atom. The SMILES string of the molecule is Cc1noc2nc(CCC(=O)NC(C)c3ccccc3)nc(N3CCCCCC3)c12. The van der Waals surface area contributed by atoms with E-state index in [1.165, 1.54) is 12.8 Å². The molecule has 2 aromatic heterocycles. The molecule has 1 fully saturated rings. The van der Waals surface area contributed by atoms with Crippen molar-refractivity contribution in [3.8, 4) is 0 Å². The second-order valence-electron chi connectivity index (χ2n) is 8.01. The average Bonchev–Trinajstić information content (AvgIpc) is 2.96. The number of anilines is 1. The van der Waals surface area contributed by atoms with Crippen molar-refractivity contribution in [2.24, 2.45) is 0 Å². The molecule has 158 valence electrons. The zero-order chi connectivity index (χ0) is 20.9. The van der Waals surface area contributed by atoms with Crippen molar-refractivity contribution >= 4 is 22.8 Å². The monoisotopic (exact) mass is 407 g/mol. The number of carbonyl (C=O) groups excluding carboxylic acids is 1. The lowest BCUT2D eigenvalue weighted by Crippen LogP contribution is -2.27. The predicted molar refractivity (Wildman–Crippen MR) is 116 cm³/mol. The van der Waals surface area contributed by atoms with Crippen LogP contribution >= 0.6 is 0 Å². The van der Waals surface area contributed by atoms with Crippen LogP contribution in [0, 0.1) is 6.92 Å². The number of hydrogen-bond acceptors (Lipinski definition) is 6. The van der Waals surface area contributed by atoms with E-state index in [0.29, 0.717) is 24.4 Å². The third-order valence-corrected chi connectivity index (χ3v) is 5.69. The van der Waals surface area contributed by atoms with Gasteiger partial charge in [0.25, 0.3) is 5.71 Å². The molecular formula is C23H29N5O2. The molecular weight excluding hydrogens is 378 g/mol. The van der Waals surface area contributed by atoms with Crippen LogP contribution in [0.15, 0.2) is 34.9 Å². The van der Waals surface area contributed by atoms with Crippen LogP contribution < -0.4 is 10.2 Å². The van der Waals surface area contributed by atoms with Gasteiger partial charge in [0.1, 0.15) is 17.0 Å². The Morgan fingerprint density at radius 2 is 1.87 bits per heavy atom. The van der Waals surface area contributed by atoms with E-state index in [9.17, 15) is 4.79 Å². The highest BCUT2D eigenvalue weighted by molar-refractivity contribution is 5.88. The van der Waals surface area contributed by atoms with Crippen molar-refractivity contribution < 1.29 is 9.32 Å². The molecule has 0 spiro atoms. The number of fused-ring (bicyclic) bond motifs is 1. The molecule has 1 aromatic carbocycles. The lowest BCUT2D eigenvalue weighted by Gasteiger charge is -2.22. The molecule has 1 saturated heterocycles. The minimum atomic E-state index is -0.0355. The summed E-state index contributed by atoms with van der Waals surface area (Å²) < 4.78 is 5.45. The second kappa shape index (κ2) is 9.24. The molecule has 30 heavy (non-hydrogen) atoms. The van der Waals surface area contributed by atoms with Gasteiger partial charge < -0.3 is 14.7 Å². The molecule has 0 bridgehead atoms. The highest BCUT2D eigenvalue weighted by Crippen LogP contribution is 2.29. The van der Waals surface area contributed by atoms with Crippen molar-refractivity contribution in [2.75, 3.05) is 18.0 Å². The fourth-order valence-electron chi connectivity index (χ4n) is 4.00. The first-order valence-corrected chi connectivity index (χ1v) is 10.8. The van der Waals surface area contributed by atoms with Crippen LogP contribution in [0.1, 0.15) is 62.2 Å². The molecule has 0 radical (unpaired) electrons. The van der Waals surface area contributed by atoms with E-state index in [1.54, 1.807) is 0 Å². The Balaban J connectivity index is 1.48. The number of aryl methyl sites for hydroxylation is 2. The molecule has 1 atom stereocenters. The fourth-order valence-corrected chi connectivity index (χ4v) is 4.00. The van der Waals surface area contributed by atoms with E-state index < -0.39 is 0 Å². The minimum Gasteiger partial charge on any atom is -0.356 e. The van der Waals surface area contributed by atoms with Crippen LogP contribution in [0.5, 0.6) is 0 Å². The van der Waals surface area contributed by atoms with Crippen LogP contribution in [-0.4, -0.2) is 34.1 Å². The standard InChI is InChI=1S/C23H29N5O2/c1-16(18-10-6-5-7-11-18)24-20(29)13-12-19-25-22(28-14-8-3-4-9-15-28)21-17(2)27-30-23(21)26-19/h5-7,10-11,16H,3-4,8-9,12-15H2,1-2H3,(H,24,29). The molecule has 1 N–H and O–H groups in total. The van der Waals surface area contributed by atoms with Crippen molar-refractivity contribution in [3.63, 3.8) is 0 Å². The number of amides is 1. The van der Waals surface area contributed by atoms with Gasteiger partial charge in [-0.1, -0.05) is 48.3 Å². The van der Waals surface area contributed by atoms with Gasteiger partial charge in [-0.15, -0.1) is 0 Å². The molecule has 3 heterocycles. The van der Waals surface area contributed by atoms with Gasteiger partial charge in [-0.3, -0.25) is 4.79 Å². The summed E-state index contributed by atoms with van der Waals surface area (Å²) in [7, 11) is 0. The van der Waals surface area contributed by atoms with Crippen molar-refractivity contribution in [3.05, 3.63) is 47.4 Å². The summed E-state index contributed by atoms with van der Waals surface area (Å²) in [5.74, 6) is 1.51. The van der Waals surface area contributed by atoms with E-state index in [1.807, 2.05) is 44.2 Å². The van der Waals surface area contributed by atoms with Gasteiger partial charge >= 0.3 is 0 Å². The topological polar surface area (TPSA) is 84.1 Å². The molecule has 1 aliphatic rings. The van der Waals surface area contributed by atoms with Crippen LogP contribution in [0.3, 0.4) is 0 Å². The Kier molecular flexibility index (Phi) is 6.26. The van der Waals surface area contributed by atoms with Crippen molar-refractivity contribution in [2.45, 2.75) is 58.4 Å². The second-order valence-corrected chi connectivity index (χ2v) is 8.01. The third-order valence-electron chi connectivity index (χ3n) is 5.69. The largest absolute Gasteiger partial charge is 0.356 e. The van der Waals surface area contributed by atoms with Gasteiger partial charge in [-0.05, 0) is 32.3 Å². The summed E-state index contributed by atoms with van der Waals surface area (Å²) in [5.41, 5.74) is 2.41. The van der Waals surface area contributed by atoms with Crippen LogP contribution in [0.2, 0.25) is 0 Å². The lowest BCUT2D eigenvalue weighted by molar-refractivity contribution is -0.121. The highest BCUT2D eigenvalue weighted by atomic mass is 16.5. The summed E-state index contributed by atoms with van der Waals surface area (Å²) in [6, 6.07) is 9.92. The normalized spacial score (nSPS) is 15.7. The molecule has 4 rings (SSSR count). The summed E-state index contributed by atoms with van der Waals surface area (Å²) in [5, 5.41) is 8.05. The van der Waals surface area contributed by atoms with E-state index in [2.05, 4.69) is 20.4 Å². The molecule has 1 unspecified atom stereocenters. The first-order valence-electron chi connectivity index (χ1n) is 10.8. The Hall–Kier alpha value is -2.96. The maximum atomic E-state index is 12.5. The number of carbonyl (C=O) groups is 1. The number of aromatic nitrogens is 3. The number of hydrogen-bond donors (Lipinski definition) is 1. The van der Waals surface area contributed by atoms with Crippen molar-refractivity contribution in [1.82, 2.24) is 20.4 Å². The third kappa shape index (κ3) is 4.61. The zero-order valence-corrected chi connectivity index (χ0v) is 17.7. The lowest BCUT2D eigenvalue weighted by atomic mass is 10.1. The van der Waals surface area contributed by atoms with Crippen LogP contribution in [0.4, 0.5) is 5.82 Å². The minimum absolute atomic E-state index is 0.0138. The molecule has 1 amide bonds. The maximum absolute atomic E-state index is 12.5. The molecule has 0 aliphatic carbocycles. The molecule has 7 heteroatoms. The van der Waals surface area contributed by atoms with E-state index in [-0.39, 0.29) is 11.9 Å². The molecule has 0 saturated carbocycles. The zero-order valence-electron chi connectivity index (χ0n) is 17.7. The Labute approximate surface area is 176 Å².